The first-order valence-corrected chi connectivity index (χ1v) is 7.25. The molecule has 2 atom stereocenters. The largest absolute Gasteiger partial charge is 0.375 e. The van der Waals surface area contributed by atoms with Gasteiger partial charge in [0.1, 0.15) is 11.6 Å². The number of hydrogen-bond donors (Lipinski definition) is 1. The summed E-state index contributed by atoms with van der Waals surface area (Å²) in [4.78, 5) is 0. The van der Waals surface area contributed by atoms with Crippen LogP contribution in [0.15, 0.2) is 18.2 Å². The van der Waals surface area contributed by atoms with Crippen LogP contribution in [0.1, 0.15) is 18.5 Å². The van der Waals surface area contributed by atoms with Gasteiger partial charge >= 0.3 is 0 Å². The summed E-state index contributed by atoms with van der Waals surface area (Å²) in [5.41, 5.74) is 0.351. The summed E-state index contributed by atoms with van der Waals surface area (Å²) in [5.74, 6) is 0.952. The summed E-state index contributed by atoms with van der Waals surface area (Å²) in [7, 11) is 0. The van der Waals surface area contributed by atoms with Crippen molar-refractivity contribution in [2.45, 2.75) is 19.1 Å². The highest BCUT2D eigenvalue weighted by Gasteiger charge is 2.28. The number of benzene rings is 1. The second-order valence-corrected chi connectivity index (χ2v) is 5.34. The number of nitrogens with one attached hydrogen (secondary N) is 1. The van der Waals surface area contributed by atoms with Crippen molar-refractivity contribution in [3.63, 3.8) is 0 Å². The number of rotatable bonds is 4. The molecule has 2 nitrogen and oxygen atoms in total. The van der Waals surface area contributed by atoms with Crippen molar-refractivity contribution in [2.75, 3.05) is 24.7 Å². The van der Waals surface area contributed by atoms with Crippen molar-refractivity contribution in [2.24, 2.45) is 0 Å². The number of hydrogen-bond acceptors (Lipinski definition) is 3. The van der Waals surface area contributed by atoms with Gasteiger partial charge in [-0.3, -0.25) is 0 Å². The predicted molar refractivity (Wildman–Crippen MR) is 69.8 cm³/mol. The van der Waals surface area contributed by atoms with E-state index in [1.54, 1.807) is 11.8 Å². The molecule has 1 aromatic carbocycles. The summed E-state index contributed by atoms with van der Waals surface area (Å²) in [6.07, 6.45) is -0.111. The van der Waals surface area contributed by atoms with E-state index in [-0.39, 0.29) is 18.0 Å². The maximum absolute atomic E-state index is 13.8. The minimum absolute atomic E-state index is 0.111. The molecule has 0 aliphatic carbocycles. The monoisotopic (exact) mass is 273 g/mol. The van der Waals surface area contributed by atoms with E-state index >= 15 is 0 Å². The first kappa shape index (κ1) is 13.8. The molecule has 0 bridgehead atoms. The number of halogens is 2. The van der Waals surface area contributed by atoms with E-state index in [2.05, 4.69) is 5.32 Å². The van der Waals surface area contributed by atoms with Gasteiger partial charge in [0.25, 0.3) is 0 Å². The number of likely N-dealkylation sites (N-methyl/N-ethyl adjacent to an activating group) is 1. The highest BCUT2D eigenvalue weighted by atomic mass is 32.2. The normalized spacial score (nSPS) is 21.8. The minimum atomic E-state index is -0.419. The summed E-state index contributed by atoms with van der Waals surface area (Å²) >= 11 is 1.78. The van der Waals surface area contributed by atoms with Gasteiger partial charge in [-0.25, -0.2) is 8.78 Å². The fourth-order valence-corrected chi connectivity index (χ4v) is 3.01. The zero-order chi connectivity index (χ0) is 13.0. The van der Waals surface area contributed by atoms with E-state index < -0.39 is 5.82 Å². The van der Waals surface area contributed by atoms with Crippen LogP contribution in [0.5, 0.6) is 0 Å². The maximum Gasteiger partial charge on any atom is 0.128 e. The molecule has 1 heterocycles. The van der Waals surface area contributed by atoms with Crippen molar-refractivity contribution >= 4 is 11.8 Å². The van der Waals surface area contributed by atoms with Crippen LogP contribution in [0, 0.1) is 11.6 Å². The lowest BCUT2D eigenvalue weighted by Crippen LogP contribution is -2.38. The maximum atomic E-state index is 13.8. The Hall–Kier alpha value is -0.650. The second kappa shape index (κ2) is 6.50. The van der Waals surface area contributed by atoms with Crippen molar-refractivity contribution in [1.29, 1.82) is 0 Å². The van der Waals surface area contributed by atoms with Gasteiger partial charge in [0.05, 0.1) is 18.8 Å². The van der Waals surface area contributed by atoms with Crippen molar-refractivity contribution in [3.8, 4) is 0 Å². The Labute approximate surface area is 110 Å². The molecule has 1 aromatic rings. The van der Waals surface area contributed by atoms with Gasteiger partial charge in [0, 0.05) is 17.1 Å². The van der Waals surface area contributed by atoms with Gasteiger partial charge < -0.3 is 10.1 Å². The molecule has 2 unspecified atom stereocenters. The molecule has 0 saturated carbocycles. The quantitative estimate of drug-likeness (QED) is 0.911. The molecule has 5 heteroatoms. The zero-order valence-corrected chi connectivity index (χ0v) is 11.1. The van der Waals surface area contributed by atoms with Gasteiger partial charge in [0.15, 0.2) is 0 Å². The van der Waals surface area contributed by atoms with Crippen LogP contribution in [0.3, 0.4) is 0 Å². The average molecular weight is 273 g/mol. The highest BCUT2D eigenvalue weighted by molar-refractivity contribution is 7.99. The predicted octanol–water partition coefficient (Wildman–Crippen LogP) is 2.75. The molecule has 0 aromatic heterocycles. The topological polar surface area (TPSA) is 21.3 Å². The molecule has 100 valence electrons. The third kappa shape index (κ3) is 3.22. The SMILES string of the molecule is CCNC(c1cc(F)ccc1F)C1CSCCO1. The van der Waals surface area contributed by atoms with E-state index in [1.165, 1.54) is 12.1 Å². The van der Waals surface area contributed by atoms with E-state index in [0.717, 1.165) is 17.6 Å². The van der Waals surface area contributed by atoms with Gasteiger partial charge in [-0.1, -0.05) is 6.92 Å². The summed E-state index contributed by atoms with van der Waals surface area (Å²) < 4.78 is 32.8. The van der Waals surface area contributed by atoms with E-state index in [4.69, 9.17) is 4.74 Å². The van der Waals surface area contributed by atoms with Crippen LogP contribution in [0.25, 0.3) is 0 Å². The standard InChI is InChI=1S/C13H17F2NOS/c1-2-16-13(12-8-18-6-5-17-12)10-7-9(14)3-4-11(10)15/h3-4,7,12-13,16H,2,5-6,8H2,1H3. The second-order valence-electron chi connectivity index (χ2n) is 4.19. The van der Waals surface area contributed by atoms with E-state index in [9.17, 15) is 8.78 Å². The molecule has 0 amide bonds. The van der Waals surface area contributed by atoms with Crippen molar-refractivity contribution < 1.29 is 13.5 Å². The average Bonchev–Trinajstić information content (AvgIpc) is 2.40. The van der Waals surface area contributed by atoms with Crippen molar-refractivity contribution in [3.05, 3.63) is 35.4 Å². The Kier molecular flexibility index (Phi) is 4.97. The Bertz CT molecular complexity index is 397. The lowest BCUT2D eigenvalue weighted by atomic mass is 10.0. The zero-order valence-electron chi connectivity index (χ0n) is 10.3. The first-order chi connectivity index (χ1) is 8.72. The summed E-state index contributed by atoms with van der Waals surface area (Å²) in [5, 5.41) is 3.19. The fraction of sp³-hybridized carbons (Fsp3) is 0.538. The molecule has 2 rings (SSSR count). The van der Waals surface area contributed by atoms with Gasteiger partial charge in [-0.2, -0.15) is 11.8 Å². The van der Waals surface area contributed by atoms with Crippen LogP contribution < -0.4 is 5.32 Å². The highest BCUT2D eigenvalue weighted by Crippen LogP contribution is 2.27. The van der Waals surface area contributed by atoms with Crippen LogP contribution in [0.4, 0.5) is 8.78 Å². The summed E-state index contributed by atoms with van der Waals surface area (Å²) in [6, 6.07) is 3.27. The Morgan fingerprint density at radius 1 is 1.50 bits per heavy atom. The molecule has 1 fully saturated rings. The molecule has 1 aliphatic heterocycles. The third-order valence-corrected chi connectivity index (χ3v) is 3.95. The lowest BCUT2D eigenvalue weighted by Gasteiger charge is -2.31. The van der Waals surface area contributed by atoms with Crippen LogP contribution in [0.2, 0.25) is 0 Å². The Balaban J connectivity index is 2.24. The molecule has 1 aliphatic rings. The fourth-order valence-electron chi connectivity index (χ4n) is 2.11. The Morgan fingerprint density at radius 3 is 3.00 bits per heavy atom. The van der Waals surface area contributed by atoms with E-state index in [0.29, 0.717) is 18.7 Å². The molecule has 1 N–H and O–H groups in total. The smallest absolute Gasteiger partial charge is 0.128 e. The molecular formula is C13H17F2NOS. The molecule has 1 saturated heterocycles. The molecular weight excluding hydrogens is 256 g/mol. The summed E-state index contributed by atoms with van der Waals surface area (Å²) in [6.45, 7) is 3.29. The minimum Gasteiger partial charge on any atom is -0.375 e. The van der Waals surface area contributed by atoms with Crippen LogP contribution in [-0.2, 0) is 4.74 Å². The Morgan fingerprint density at radius 2 is 2.33 bits per heavy atom. The third-order valence-electron chi connectivity index (χ3n) is 2.93. The number of thioether (sulfide) groups is 1. The lowest BCUT2D eigenvalue weighted by molar-refractivity contribution is 0.0462. The van der Waals surface area contributed by atoms with Crippen molar-refractivity contribution in [1.82, 2.24) is 5.32 Å². The van der Waals surface area contributed by atoms with Crippen LogP contribution >= 0.6 is 11.8 Å². The molecule has 18 heavy (non-hydrogen) atoms. The first-order valence-electron chi connectivity index (χ1n) is 6.10. The molecule has 0 radical (unpaired) electrons. The van der Waals surface area contributed by atoms with Gasteiger partial charge in [-0.15, -0.1) is 0 Å². The van der Waals surface area contributed by atoms with Crippen LogP contribution in [-0.4, -0.2) is 30.8 Å². The number of ether oxygens (including phenoxy) is 1. The van der Waals surface area contributed by atoms with Gasteiger partial charge in [0.2, 0.25) is 0 Å². The van der Waals surface area contributed by atoms with Gasteiger partial charge in [-0.05, 0) is 24.7 Å². The van der Waals surface area contributed by atoms with E-state index in [1.807, 2.05) is 6.92 Å². The molecule has 0 spiro atoms.